The molecule has 2 heterocycles. The van der Waals surface area contributed by atoms with Crippen LogP contribution in [0.1, 0.15) is 53.4 Å². The number of hydrazone groups is 1. The third-order valence-corrected chi connectivity index (χ3v) is 7.58. The molecule has 3 aliphatic rings. The van der Waals surface area contributed by atoms with Crippen LogP contribution in [0.4, 0.5) is 4.39 Å². The van der Waals surface area contributed by atoms with Gasteiger partial charge in [-0.05, 0) is 43.4 Å². The lowest BCUT2D eigenvalue weighted by atomic mass is 9.90. The van der Waals surface area contributed by atoms with E-state index in [-0.39, 0.29) is 47.3 Å². The summed E-state index contributed by atoms with van der Waals surface area (Å²) in [5.74, 6) is -1.41. The van der Waals surface area contributed by atoms with Crippen molar-refractivity contribution in [3.05, 3.63) is 70.7 Å². The number of halogens is 1. The number of allylic oxidation sites excluding steroid dienone is 1. The van der Waals surface area contributed by atoms with Gasteiger partial charge in [-0.15, -0.1) is 0 Å². The van der Waals surface area contributed by atoms with E-state index in [0.717, 1.165) is 25.0 Å². The first-order chi connectivity index (χ1) is 19.4. The van der Waals surface area contributed by atoms with Gasteiger partial charge in [0, 0.05) is 43.1 Å². The van der Waals surface area contributed by atoms with E-state index in [2.05, 4.69) is 21.9 Å². The number of aliphatic hydroxyl groups excluding tert-OH is 1. The summed E-state index contributed by atoms with van der Waals surface area (Å²) in [6.45, 7) is 0.398. The molecule has 2 aliphatic heterocycles. The molecule has 0 aromatic heterocycles. The van der Waals surface area contributed by atoms with Crippen molar-refractivity contribution in [1.82, 2.24) is 15.6 Å². The number of aliphatic hydroxyl groups is 1. The van der Waals surface area contributed by atoms with E-state index in [1.165, 1.54) is 38.5 Å². The second-order valence-electron chi connectivity index (χ2n) is 10.1. The first-order valence-electron chi connectivity index (χ1n) is 13.3. The fraction of sp³-hybridized carbons (Fsp3) is 0.414. The van der Waals surface area contributed by atoms with E-state index in [4.69, 9.17) is 14.2 Å². The van der Waals surface area contributed by atoms with Crippen molar-refractivity contribution in [2.75, 3.05) is 27.6 Å². The lowest BCUT2D eigenvalue weighted by Gasteiger charge is -2.31. The van der Waals surface area contributed by atoms with Crippen molar-refractivity contribution in [3.63, 3.8) is 0 Å². The Morgan fingerprint density at radius 3 is 2.73 bits per heavy atom. The Labute approximate surface area is 231 Å². The summed E-state index contributed by atoms with van der Waals surface area (Å²) in [6, 6.07) is 8.63. The van der Waals surface area contributed by atoms with E-state index >= 15 is 4.39 Å². The summed E-state index contributed by atoms with van der Waals surface area (Å²) in [5.41, 5.74) is 4.52. The summed E-state index contributed by atoms with van der Waals surface area (Å²) in [4.78, 5) is 28.3. The van der Waals surface area contributed by atoms with Crippen LogP contribution in [0.25, 0.3) is 0 Å². The zero-order chi connectivity index (χ0) is 28.2. The third-order valence-electron chi connectivity index (χ3n) is 7.58. The highest BCUT2D eigenvalue weighted by Gasteiger charge is 2.37. The van der Waals surface area contributed by atoms with Gasteiger partial charge in [0.05, 0.1) is 13.2 Å². The lowest BCUT2D eigenvalue weighted by molar-refractivity contribution is -0.130. The Hall–Kier alpha value is -3.80. The topological polar surface area (TPSA) is 122 Å². The molecule has 0 bridgehead atoms. The summed E-state index contributed by atoms with van der Waals surface area (Å²) in [5, 5.41) is 18.4. The second-order valence-corrected chi connectivity index (χ2v) is 10.1. The Bertz CT molecular complexity index is 1310. The second kappa shape index (κ2) is 12.2. The van der Waals surface area contributed by atoms with Crippen LogP contribution in [0.5, 0.6) is 11.5 Å². The number of hydrogen-bond acceptors (Lipinski definition) is 9. The number of ether oxygens (including phenoxy) is 3. The van der Waals surface area contributed by atoms with Crippen molar-refractivity contribution in [2.24, 2.45) is 11.0 Å². The van der Waals surface area contributed by atoms with Crippen molar-refractivity contribution in [3.8, 4) is 11.5 Å². The highest BCUT2D eigenvalue weighted by molar-refractivity contribution is 6.11. The molecule has 4 unspecified atom stereocenters. The normalized spacial score (nSPS) is 22.7. The van der Waals surface area contributed by atoms with Crippen molar-refractivity contribution in [1.29, 1.82) is 0 Å². The zero-order valence-electron chi connectivity index (χ0n) is 22.4. The lowest BCUT2D eigenvalue weighted by Crippen LogP contribution is -2.49. The number of fused-ring (bicyclic) bond motifs is 1. The minimum absolute atomic E-state index is 0.00672. The van der Waals surface area contributed by atoms with E-state index in [0.29, 0.717) is 18.5 Å². The van der Waals surface area contributed by atoms with E-state index in [1.807, 2.05) is 6.21 Å². The maximum absolute atomic E-state index is 15.1. The third kappa shape index (κ3) is 5.58. The average Bonchev–Trinajstić information content (AvgIpc) is 3.65. The van der Waals surface area contributed by atoms with Crippen LogP contribution in [0, 0.1) is 11.7 Å². The van der Waals surface area contributed by atoms with E-state index in [1.54, 1.807) is 17.0 Å². The van der Waals surface area contributed by atoms with Crippen LogP contribution in [0.3, 0.4) is 0 Å². The molecule has 4 atom stereocenters. The molecular weight excluding hydrogens is 519 g/mol. The maximum Gasteiger partial charge on any atom is 0.237 e. The molecule has 212 valence electrons. The van der Waals surface area contributed by atoms with Gasteiger partial charge in [0.25, 0.3) is 0 Å². The van der Waals surface area contributed by atoms with Gasteiger partial charge in [-0.1, -0.05) is 30.3 Å². The van der Waals surface area contributed by atoms with Gasteiger partial charge in [0.1, 0.15) is 17.5 Å². The highest BCUT2D eigenvalue weighted by Crippen LogP contribution is 2.33. The number of carbonyl (C=O) groups excluding carboxylic acids is 2. The molecule has 1 fully saturated rings. The predicted molar refractivity (Wildman–Crippen MR) is 144 cm³/mol. The monoisotopic (exact) mass is 552 g/mol. The number of amides is 1. The molecule has 0 radical (unpaired) electrons. The minimum atomic E-state index is -1.04. The van der Waals surface area contributed by atoms with E-state index < -0.39 is 23.9 Å². The van der Waals surface area contributed by atoms with Gasteiger partial charge in [-0.3, -0.25) is 19.9 Å². The number of rotatable bonds is 10. The van der Waals surface area contributed by atoms with Crippen LogP contribution in [-0.4, -0.2) is 67.6 Å². The number of ketones is 1. The number of nitrogens with one attached hydrogen (secondary N) is 2. The number of benzene rings is 2. The summed E-state index contributed by atoms with van der Waals surface area (Å²) in [7, 11) is 2.74. The quantitative estimate of drug-likeness (QED) is 0.304. The zero-order valence-corrected chi connectivity index (χ0v) is 22.4. The molecule has 5 rings (SSSR count). The van der Waals surface area contributed by atoms with Gasteiger partial charge in [0.2, 0.25) is 5.91 Å². The standard InChI is InChI=1S/C29H33FN4O6/c1-38-16-40-23-11-12-24(39-2)26(30)25(23)27(35)17-5-7-18(8-6-17)29(37)34-13-3-4-22(34)28(36)32-20-9-10-21-19(14-20)15-31-33-21/h5-8,10-12,15,19-20,22,29,33,37H,3-4,9,13-14,16H2,1-2H3,(H,32,36). The summed E-state index contributed by atoms with van der Waals surface area (Å²) >= 11 is 0. The molecule has 10 nitrogen and oxygen atoms in total. The Balaban J connectivity index is 1.28. The molecule has 1 aliphatic carbocycles. The number of carbonyl (C=O) groups is 2. The smallest absolute Gasteiger partial charge is 0.237 e. The number of nitrogens with zero attached hydrogens (tertiary/aromatic N) is 2. The molecule has 1 amide bonds. The minimum Gasteiger partial charge on any atom is -0.494 e. The Morgan fingerprint density at radius 2 is 1.98 bits per heavy atom. The van der Waals surface area contributed by atoms with Gasteiger partial charge in [0.15, 0.2) is 24.1 Å². The van der Waals surface area contributed by atoms with Gasteiger partial charge in [-0.25, -0.2) is 4.39 Å². The summed E-state index contributed by atoms with van der Waals surface area (Å²) < 4.78 is 30.4. The number of methoxy groups -OCH3 is 2. The molecule has 2 aromatic carbocycles. The number of likely N-dealkylation sites (tertiary alicyclic amines) is 1. The number of hydrogen-bond donors (Lipinski definition) is 3. The predicted octanol–water partition coefficient (Wildman–Crippen LogP) is 2.87. The average molecular weight is 553 g/mol. The van der Waals surface area contributed by atoms with Gasteiger partial charge >= 0.3 is 0 Å². The highest BCUT2D eigenvalue weighted by atomic mass is 19.1. The molecule has 2 aromatic rings. The molecule has 11 heteroatoms. The first-order valence-corrected chi connectivity index (χ1v) is 13.3. The molecule has 0 saturated carbocycles. The SMILES string of the molecule is COCOc1ccc(OC)c(F)c1C(=O)c1ccc(C(O)N2CCCC2C(=O)NC2CC=C3NN=CC3C2)cc1. The van der Waals surface area contributed by atoms with Crippen LogP contribution in [0.2, 0.25) is 0 Å². The van der Waals surface area contributed by atoms with Crippen LogP contribution in [-0.2, 0) is 9.53 Å². The van der Waals surface area contributed by atoms with Crippen LogP contribution < -0.4 is 20.2 Å². The molecule has 0 spiro atoms. The van der Waals surface area contributed by atoms with Crippen molar-refractivity contribution in [2.45, 2.75) is 44.0 Å². The van der Waals surface area contributed by atoms with Crippen molar-refractivity contribution < 1.29 is 33.3 Å². The summed E-state index contributed by atoms with van der Waals surface area (Å²) in [6.07, 6.45) is 5.81. The van der Waals surface area contributed by atoms with Crippen LogP contribution in [0.15, 0.2) is 53.3 Å². The molecule has 40 heavy (non-hydrogen) atoms. The van der Waals surface area contributed by atoms with Gasteiger partial charge < -0.3 is 24.6 Å². The fourth-order valence-electron chi connectivity index (χ4n) is 5.49. The van der Waals surface area contributed by atoms with Gasteiger partial charge in [-0.2, -0.15) is 5.10 Å². The largest absolute Gasteiger partial charge is 0.494 e. The Kier molecular flexibility index (Phi) is 8.43. The van der Waals surface area contributed by atoms with Crippen molar-refractivity contribution >= 4 is 17.9 Å². The first kappa shape index (κ1) is 27.8. The maximum atomic E-state index is 15.1. The van der Waals surface area contributed by atoms with Crippen LogP contribution >= 0.6 is 0 Å². The van der Waals surface area contributed by atoms with E-state index in [9.17, 15) is 14.7 Å². The molecule has 3 N–H and O–H groups in total. The molecule has 1 saturated heterocycles. The molecular formula is C29H33FN4O6. The fourth-order valence-corrected chi connectivity index (χ4v) is 5.49. The Morgan fingerprint density at radius 1 is 1.20 bits per heavy atom.